The zero-order valence-corrected chi connectivity index (χ0v) is 16.7. The van der Waals surface area contributed by atoms with Crippen molar-refractivity contribution in [1.29, 1.82) is 0 Å². The number of likely N-dealkylation sites (tertiary alicyclic amines) is 1. The van der Waals surface area contributed by atoms with E-state index in [0.29, 0.717) is 25.9 Å². The maximum Gasteiger partial charge on any atom is 0.412 e. The molecule has 3 rings (SSSR count). The molecule has 1 N–H and O–H groups in total. The van der Waals surface area contributed by atoms with Crippen LogP contribution in [0.15, 0.2) is 60.7 Å². The number of hydrogen-bond acceptors (Lipinski definition) is 4. The first-order chi connectivity index (χ1) is 14.1. The minimum atomic E-state index is -1.000. The van der Waals surface area contributed by atoms with Gasteiger partial charge in [0.25, 0.3) is 0 Å². The van der Waals surface area contributed by atoms with Crippen LogP contribution in [-0.4, -0.2) is 52.3 Å². The first-order valence-corrected chi connectivity index (χ1v) is 10.1. The normalized spacial score (nSPS) is 18.5. The Balaban J connectivity index is 1.61. The third-order valence-corrected chi connectivity index (χ3v) is 5.26. The molecule has 1 aliphatic heterocycles. The zero-order valence-electron chi connectivity index (χ0n) is 16.7. The van der Waals surface area contributed by atoms with Crippen molar-refractivity contribution in [3.8, 4) is 0 Å². The molecule has 1 saturated heterocycles. The number of amides is 2. The maximum absolute atomic E-state index is 13.1. The van der Waals surface area contributed by atoms with E-state index in [9.17, 15) is 14.7 Å². The van der Waals surface area contributed by atoms with E-state index < -0.39 is 18.4 Å². The number of ether oxygens (including phenoxy) is 1. The van der Waals surface area contributed by atoms with Gasteiger partial charge in [0.15, 0.2) is 0 Å². The van der Waals surface area contributed by atoms with Crippen LogP contribution >= 0.6 is 0 Å². The van der Waals surface area contributed by atoms with E-state index in [-0.39, 0.29) is 12.5 Å². The molecule has 0 aromatic heterocycles. The van der Waals surface area contributed by atoms with Crippen LogP contribution in [0.3, 0.4) is 0 Å². The van der Waals surface area contributed by atoms with Gasteiger partial charge >= 0.3 is 6.09 Å². The Morgan fingerprint density at radius 1 is 1.03 bits per heavy atom. The van der Waals surface area contributed by atoms with Gasteiger partial charge in [0.1, 0.15) is 18.9 Å². The van der Waals surface area contributed by atoms with Crippen molar-refractivity contribution in [2.75, 3.05) is 13.1 Å². The molecule has 1 heterocycles. The van der Waals surface area contributed by atoms with E-state index in [1.807, 2.05) is 67.6 Å². The summed E-state index contributed by atoms with van der Waals surface area (Å²) >= 11 is 0. The second-order valence-electron chi connectivity index (χ2n) is 7.17. The quantitative estimate of drug-likeness (QED) is 0.780. The average molecular weight is 396 g/mol. The van der Waals surface area contributed by atoms with Crippen molar-refractivity contribution in [1.82, 2.24) is 9.80 Å². The molecule has 1 fully saturated rings. The maximum atomic E-state index is 13.1. The standard InChI is InChI=1S/C23H28N2O4/c1-2-24(16-15-18-9-5-3-6-10-18)22(27)20-13-14-21(26)25(20)23(28)29-17-19-11-7-4-8-12-19/h3-12,20-21,26H,2,13-17H2,1H3/t20-,21?/m0/s1. The topological polar surface area (TPSA) is 70.1 Å². The van der Waals surface area contributed by atoms with Crippen molar-refractivity contribution >= 4 is 12.0 Å². The number of carbonyl (C=O) groups excluding carboxylic acids is 2. The van der Waals surface area contributed by atoms with E-state index >= 15 is 0 Å². The summed E-state index contributed by atoms with van der Waals surface area (Å²) < 4.78 is 5.36. The van der Waals surface area contributed by atoms with Crippen molar-refractivity contribution in [2.45, 2.75) is 45.1 Å². The number of likely N-dealkylation sites (N-methyl/N-ethyl adjacent to an activating group) is 1. The van der Waals surface area contributed by atoms with Crippen LogP contribution < -0.4 is 0 Å². The highest BCUT2D eigenvalue weighted by Gasteiger charge is 2.42. The second-order valence-corrected chi connectivity index (χ2v) is 7.17. The monoisotopic (exact) mass is 396 g/mol. The van der Waals surface area contributed by atoms with Crippen LogP contribution in [0.4, 0.5) is 4.79 Å². The van der Waals surface area contributed by atoms with Gasteiger partial charge < -0.3 is 14.7 Å². The Kier molecular flexibility index (Phi) is 7.25. The molecular weight excluding hydrogens is 368 g/mol. The lowest BCUT2D eigenvalue weighted by Crippen LogP contribution is -2.50. The van der Waals surface area contributed by atoms with Gasteiger partial charge in [0, 0.05) is 13.1 Å². The lowest BCUT2D eigenvalue weighted by molar-refractivity contribution is -0.137. The first kappa shape index (κ1) is 20.9. The first-order valence-electron chi connectivity index (χ1n) is 10.1. The summed E-state index contributed by atoms with van der Waals surface area (Å²) in [6, 6.07) is 18.6. The summed E-state index contributed by atoms with van der Waals surface area (Å²) in [6.45, 7) is 3.14. The van der Waals surface area contributed by atoms with E-state index in [1.54, 1.807) is 4.90 Å². The molecule has 2 aromatic carbocycles. The highest BCUT2D eigenvalue weighted by atomic mass is 16.6. The molecule has 0 aliphatic carbocycles. The Bertz CT molecular complexity index is 797. The number of benzene rings is 2. The number of aliphatic hydroxyl groups is 1. The molecule has 1 aliphatic rings. The SMILES string of the molecule is CCN(CCc1ccccc1)C(=O)[C@@H]1CCC(O)N1C(=O)OCc1ccccc1. The number of aliphatic hydroxyl groups excluding tert-OH is 1. The highest BCUT2D eigenvalue weighted by molar-refractivity contribution is 5.86. The van der Waals surface area contributed by atoms with Gasteiger partial charge in [-0.15, -0.1) is 0 Å². The van der Waals surface area contributed by atoms with Crippen LogP contribution in [0.1, 0.15) is 30.9 Å². The average Bonchev–Trinajstić information content (AvgIpc) is 3.15. The molecule has 6 heteroatoms. The van der Waals surface area contributed by atoms with Gasteiger partial charge in [-0.2, -0.15) is 0 Å². The van der Waals surface area contributed by atoms with E-state index in [4.69, 9.17) is 4.74 Å². The Labute approximate surface area is 171 Å². The van der Waals surface area contributed by atoms with Crippen molar-refractivity contribution in [3.05, 3.63) is 71.8 Å². The van der Waals surface area contributed by atoms with Crippen LogP contribution in [0, 0.1) is 0 Å². The third-order valence-electron chi connectivity index (χ3n) is 5.26. The number of hydrogen-bond donors (Lipinski definition) is 1. The van der Waals surface area contributed by atoms with Gasteiger partial charge in [-0.1, -0.05) is 60.7 Å². The molecule has 0 radical (unpaired) electrons. The van der Waals surface area contributed by atoms with Crippen molar-refractivity contribution in [2.24, 2.45) is 0 Å². The fourth-order valence-corrected chi connectivity index (χ4v) is 3.62. The van der Waals surface area contributed by atoms with Crippen LogP contribution in [0.25, 0.3) is 0 Å². The fraction of sp³-hybridized carbons (Fsp3) is 0.391. The highest BCUT2D eigenvalue weighted by Crippen LogP contribution is 2.25. The molecule has 2 aromatic rings. The molecular formula is C23H28N2O4. The Hall–Kier alpha value is -2.86. The van der Waals surface area contributed by atoms with E-state index in [1.165, 1.54) is 4.90 Å². The predicted molar refractivity (Wildman–Crippen MR) is 110 cm³/mol. The fourth-order valence-electron chi connectivity index (χ4n) is 3.62. The van der Waals surface area contributed by atoms with Crippen molar-refractivity contribution < 1.29 is 19.4 Å². The van der Waals surface area contributed by atoms with E-state index in [0.717, 1.165) is 17.5 Å². The molecule has 1 unspecified atom stereocenters. The van der Waals surface area contributed by atoms with Crippen molar-refractivity contribution in [3.63, 3.8) is 0 Å². The zero-order chi connectivity index (χ0) is 20.6. The number of rotatable bonds is 7. The molecule has 154 valence electrons. The smallest absolute Gasteiger partial charge is 0.412 e. The lowest BCUT2D eigenvalue weighted by Gasteiger charge is -2.30. The van der Waals surface area contributed by atoms with Crippen LogP contribution in [0.2, 0.25) is 0 Å². The van der Waals surface area contributed by atoms with E-state index in [2.05, 4.69) is 0 Å². The molecule has 2 amide bonds. The van der Waals surface area contributed by atoms with Gasteiger partial charge in [-0.25, -0.2) is 4.79 Å². The van der Waals surface area contributed by atoms with Crippen LogP contribution in [0.5, 0.6) is 0 Å². The third kappa shape index (κ3) is 5.35. The Morgan fingerprint density at radius 2 is 1.66 bits per heavy atom. The minimum absolute atomic E-state index is 0.106. The summed E-state index contributed by atoms with van der Waals surface area (Å²) in [5, 5.41) is 10.3. The molecule has 0 spiro atoms. The van der Waals surface area contributed by atoms with Gasteiger partial charge in [-0.05, 0) is 37.3 Å². The molecule has 29 heavy (non-hydrogen) atoms. The molecule has 0 saturated carbocycles. The lowest BCUT2D eigenvalue weighted by atomic mass is 10.1. The summed E-state index contributed by atoms with van der Waals surface area (Å²) in [7, 11) is 0. The predicted octanol–water partition coefficient (Wildman–Crippen LogP) is 3.20. The number of nitrogens with zero attached hydrogens (tertiary/aromatic N) is 2. The minimum Gasteiger partial charge on any atom is -0.444 e. The summed E-state index contributed by atoms with van der Waals surface area (Å²) in [6.07, 6.45) is -0.111. The van der Waals surface area contributed by atoms with Crippen LogP contribution in [-0.2, 0) is 22.6 Å². The summed E-state index contributed by atoms with van der Waals surface area (Å²) in [4.78, 5) is 28.6. The Morgan fingerprint density at radius 3 is 2.28 bits per heavy atom. The molecule has 6 nitrogen and oxygen atoms in total. The number of carbonyl (C=O) groups is 2. The summed E-state index contributed by atoms with van der Waals surface area (Å²) in [5.41, 5.74) is 2.01. The molecule has 0 bridgehead atoms. The van der Waals surface area contributed by atoms with Gasteiger partial charge in [0.05, 0.1) is 0 Å². The largest absolute Gasteiger partial charge is 0.444 e. The van der Waals surface area contributed by atoms with Gasteiger partial charge in [0.2, 0.25) is 5.91 Å². The summed E-state index contributed by atoms with van der Waals surface area (Å²) in [5.74, 6) is -0.142. The second kappa shape index (κ2) is 10.1. The van der Waals surface area contributed by atoms with Gasteiger partial charge in [-0.3, -0.25) is 9.69 Å². The molecule has 2 atom stereocenters.